The molecule has 32 heavy (non-hydrogen) atoms. The Hall–Kier alpha value is -3.56. The zero-order valence-electron chi connectivity index (χ0n) is 19.3. The van der Waals surface area contributed by atoms with Crippen molar-refractivity contribution in [2.24, 2.45) is 0 Å². The van der Waals surface area contributed by atoms with Gasteiger partial charge in [0.2, 0.25) is 0 Å². The lowest BCUT2D eigenvalue weighted by molar-refractivity contribution is -0.122. The smallest absolute Gasteiger partial charge is 0.260 e. The second-order valence-electron chi connectivity index (χ2n) is 7.86. The van der Waals surface area contributed by atoms with Crippen LogP contribution in [0.15, 0.2) is 41.1 Å². The summed E-state index contributed by atoms with van der Waals surface area (Å²) < 4.78 is 0. The summed E-state index contributed by atoms with van der Waals surface area (Å²) in [6.07, 6.45) is 6.03. The van der Waals surface area contributed by atoms with Crippen molar-refractivity contribution < 1.29 is 4.79 Å². The van der Waals surface area contributed by atoms with Crippen LogP contribution in [0.4, 0.5) is 5.69 Å². The van der Waals surface area contributed by atoms with E-state index in [4.69, 9.17) is 0 Å². The predicted octanol–water partition coefficient (Wildman–Crippen LogP) is 5.31. The zero-order valence-corrected chi connectivity index (χ0v) is 19.3. The SMILES string of the molecule is CCCCN1C(=O)C(c2ccc(N(CCCC)CCCC)cc2)=C(C#N)C1=C(C#N)C#N. The summed E-state index contributed by atoms with van der Waals surface area (Å²) in [6.45, 7) is 8.68. The lowest BCUT2D eigenvalue weighted by Crippen LogP contribution is -2.27. The third-order valence-corrected chi connectivity index (χ3v) is 5.61. The number of carbonyl (C=O) groups is 1. The van der Waals surface area contributed by atoms with E-state index in [1.54, 1.807) is 0 Å². The monoisotopic (exact) mass is 429 g/mol. The molecule has 1 aliphatic rings. The van der Waals surface area contributed by atoms with Gasteiger partial charge in [0.25, 0.3) is 5.91 Å². The van der Waals surface area contributed by atoms with Crippen LogP contribution in [0.25, 0.3) is 5.57 Å². The van der Waals surface area contributed by atoms with Crippen molar-refractivity contribution in [3.05, 3.63) is 46.7 Å². The lowest BCUT2D eigenvalue weighted by atomic mass is 9.99. The Morgan fingerprint density at radius 2 is 1.47 bits per heavy atom. The standard InChI is InChI=1S/C26H31N5O/c1-4-7-14-30(15-8-5-2)22-12-10-20(11-13-22)24-23(19-29)25(21(17-27)18-28)31(26(24)32)16-9-6-3/h10-13H,4-9,14-16H2,1-3H3. The van der Waals surface area contributed by atoms with E-state index in [1.807, 2.05) is 43.3 Å². The van der Waals surface area contributed by atoms with E-state index in [-0.39, 0.29) is 28.3 Å². The number of hydrogen-bond acceptors (Lipinski definition) is 5. The molecule has 6 nitrogen and oxygen atoms in total. The molecule has 166 valence electrons. The van der Waals surface area contributed by atoms with Crippen LogP contribution in [0.5, 0.6) is 0 Å². The fraction of sp³-hybridized carbons (Fsp3) is 0.462. The number of anilines is 1. The Balaban J connectivity index is 2.50. The highest BCUT2D eigenvalue weighted by atomic mass is 16.2. The Labute approximate surface area is 191 Å². The van der Waals surface area contributed by atoms with Crippen molar-refractivity contribution in [3.8, 4) is 18.2 Å². The van der Waals surface area contributed by atoms with Gasteiger partial charge in [-0.05, 0) is 37.0 Å². The zero-order chi connectivity index (χ0) is 23.5. The summed E-state index contributed by atoms with van der Waals surface area (Å²) in [6, 6.07) is 13.5. The molecule has 0 saturated carbocycles. The van der Waals surface area contributed by atoms with Crippen LogP contribution in [0.3, 0.4) is 0 Å². The average molecular weight is 430 g/mol. The highest BCUT2D eigenvalue weighted by molar-refractivity contribution is 6.25. The minimum Gasteiger partial charge on any atom is -0.372 e. The molecule has 0 spiro atoms. The van der Waals surface area contributed by atoms with Crippen LogP contribution < -0.4 is 4.90 Å². The summed E-state index contributed by atoms with van der Waals surface area (Å²) in [5.41, 5.74) is 2.03. The molecule has 0 N–H and O–H groups in total. The lowest BCUT2D eigenvalue weighted by Gasteiger charge is -2.25. The first-order valence-electron chi connectivity index (χ1n) is 11.4. The number of nitrogens with zero attached hydrogens (tertiary/aromatic N) is 5. The molecule has 2 rings (SSSR count). The summed E-state index contributed by atoms with van der Waals surface area (Å²) >= 11 is 0. The van der Waals surface area contributed by atoms with Gasteiger partial charge in [-0.25, -0.2) is 0 Å². The predicted molar refractivity (Wildman–Crippen MR) is 126 cm³/mol. The van der Waals surface area contributed by atoms with Crippen LogP contribution in [0.2, 0.25) is 0 Å². The molecule has 0 fully saturated rings. The quantitative estimate of drug-likeness (QED) is 0.444. The molecule has 1 heterocycles. The average Bonchev–Trinajstić information content (AvgIpc) is 3.10. The number of hydrogen-bond donors (Lipinski definition) is 0. The number of unbranched alkanes of at least 4 members (excludes halogenated alkanes) is 3. The molecule has 0 radical (unpaired) electrons. The summed E-state index contributed by atoms with van der Waals surface area (Å²) in [5, 5.41) is 28.7. The number of rotatable bonds is 11. The molecule has 1 amide bonds. The number of carbonyl (C=O) groups excluding carboxylic acids is 1. The second-order valence-corrected chi connectivity index (χ2v) is 7.86. The molecule has 0 unspecified atom stereocenters. The number of nitriles is 3. The van der Waals surface area contributed by atoms with Gasteiger partial charge in [0.1, 0.15) is 18.2 Å². The highest BCUT2D eigenvalue weighted by Gasteiger charge is 2.38. The summed E-state index contributed by atoms with van der Waals surface area (Å²) in [4.78, 5) is 17.1. The van der Waals surface area contributed by atoms with Crippen LogP contribution in [-0.4, -0.2) is 30.4 Å². The van der Waals surface area contributed by atoms with Gasteiger partial charge in [-0.15, -0.1) is 0 Å². The highest BCUT2D eigenvalue weighted by Crippen LogP contribution is 2.37. The molecule has 0 aromatic heterocycles. The topological polar surface area (TPSA) is 94.9 Å². The molecule has 0 bridgehead atoms. The van der Waals surface area contributed by atoms with Crippen molar-refractivity contribution in [1.29, 1.82) is 15.8 Å². The van der Waals surface area contributed by atoms with Crippen LogP contribution in [-0.2, 0) is 4.79 Å². The van der Waals surface area contributed by atoms with Gasteiger partial charge >= 0.3 is 0 Å². The van der Waals surface area contributed by atoms with Gasteiger partial charge in [-0.3, -0.25) is 4.79 Å². The third kappa shape index (κ3) is 5.37. The number of allylic oxidation sites excluding steroid dienone is 2. The maximum absolute atomic E-state index is 13.3. The molecule has 0 aliphatic carbocycles. The first-order valence-corrected chi connectivity index (χ1v) is 11.4. The Morgan fingerprint density at radius 3 is 1.94 bits per heavy atom. The first kappa shape index (κ1) is 24.7. The van der Waals surface area contributed by atoms with Crippen LogP contribution in [0.1, 0.15) is 64.9 Å². The van der Waals surface area contributed by atoms with Crippen molar-refractivity contribution in [2.45, 2.75) is 59.3 Å². The number of amides is 1. The van der Waals surface area contributed by atoms with Gasteiger partial charge in [0, 0.05) is 25.3 Å². The van der Waals surface area contributed by atoms with Gasteiger partial charge in [-0.1, -0.05) is 52.2 Å². The molecule has 6 heteroatoms. The molecule has 1 aromatic rings. The summed E-state index contributed by atoms with van der Waals surface area (Å²) in [7, 11) is 0. The van der Waals surface area contributed by atoms with Gasteiger partial charge in [0.05, 0.1) is 16.8 Å². The van der Waals surface area contributed by atoms with Gasteiger partial charge in [-0.2, -0.15) is 15.8 Å². The fourth-order valence-electron chi connectivity index (χ4n) is 3.80. The molecule has 1 aliphatic heterocycles. The maximum atomic E-state index is 13.3. The van der Waals surface area contributed by atoms with E-state index in [0.717, 1.165) is 50.9 Å². The summed E-state index contributed by atoms with van der Waals surface area (Å²) in [5.74, 6) is -0.324. The van der Waals surface area contributed by atoms with Crippen molar-refractivity contribution >= 4 is 17.2 Å². The minimum absolute atomic E-state index is 0.103. The molecular weight excluding hydrogens is 398 g/mol. The Morgan fingerprint density at radius 1 is 0.906 bits per heavy atom. The van der Waals surface area contributed by atoms with Gasteiger partial charge < -0.3 is 9.80 Å². The largest absolute Gasteiger partial charge is 0.372 e. The second kappa shape index (κ2) is 12.3. The first-order chi connectivity index (χ1) is 15.6. The Kier molecular flexibility index (Phi) is 9.52. The molecular formula is C26H31N5O. The van der Waals surface area contributed by atoms with E-state index in [2.05, 4.69) is 24.8 Å². The number of benzene rings is 1. The molecule has 0 atom stereocenters. The van der Waals surface area contributed by atoms with Crippen molar-refractivity contribution in [2.75, 3.05) is 24.5 Å². The third-order valence-electron chi connectivity index (χ3n) is 5.61. The van der Waals surface area contributed by atoms with E-state index in [0.29, 0.717) is 18.5 Å². The molecule has 1 aromatic carbocycles. The van der Waals surface area contributed by atoms with E-state index in [9.17, 15) is 20.6 Å². The maximum Gasteiger partial charge on any atom is 0.260 e. The van der Waals surface area contributed by atoms with Crippen LogP contribution >= 0.6 is 0 Å². The van der Waals surface area contributed by atoms with Gasteiger partial charge in [0.15, 0.2) is 5.57 Å². The van der Waals surface area contributed by atoms with Crippen LogP contribution in [0, 0.1) is 34.0 Å². The van der Waals surface area contributed by atoms with Crippen molar-refractivity contribution in [3.63, 3.8) is 0 Å². The Bertz CT molecular complexity index is 975. The minimum atomic E-state index is -0.324. The fourth-order valence-corrected chi connectivity index (χ4v) is 3.80. The van der Waals surface area contributed by atoms with E-state index in [1.165, 1.54) is 4.90 Å². The van der Waals surface area contributed by atoms with E-state index < -0.39 is 0 Å². The van der Waals surface area contributed by atoms with E-state index >= 15 is 0 Å². The van der Waals surface area contributed by atoms with Crippen molar-refractivity contribution in [1.82, 2.24) is 4.90 Å². The molecule has 0 saturated heterocycles. The normalized spacial score (nSPS) is 13.1.